The number of aliphatic carboxylic acids is 1. The van der Waals surface area contributed by atoms with Crippen molar-refractivity contribution in [1.29, 1.82) is 0 Å². The van der Waals surface area contributed by atoms with Gasteiger partial charge in [-0.05, 0) is 37.7 Å². The summed E-state index contributed by atoms with van der Waals surface area (Å²) in [4.78, 5) is 22.7. The van der Waals surface area contributed by atoms with Crippen molar-refractivity contribution in [3.05, 3.63) is 0 Å². The topological polar surface area (TPSA) is 92.4 Å². The summed E-state index contributed by atoms with van der Waals surface area (Å²) in [5, 5.41) is 11.9. The van der Waals surface area contributed by atoms with E-state index in [9.17, 15) is 9.59 Å². The van der Waals surface area contributed by atoms with E-state index in [1.807, 2.05) is 6.26 Å². The quantitative estimate of drug-likeness (QED) is 0.667. The number of thioether (sulfide) groups is 1. The summed E-state index contributed by atoms with van der Waals surface area (Å²) in [5.41, 5.74) is 5.77. The van der Waals surface area contributed by atoms with Gasteiger partial charge in [0.05, 0.1) is 12.0 Å². The lowest BCUT2D eigenvalue weighted by atomic mass is 9.85. The Hall–Kier alpha value is -0.750. The van der Waals surface area contributed by atoms with Crippen LogP contribution in [-0.2, 0) is 9.59 Å². The molecule has 0 aliphatic heterocycles. The van der Waals surface area contributed by atoms with E-state index < -0.39 is 12.0 Å². The first-order valence-electron chi connectivity index (χ1n) is 6.32. The second-order valence-corrected chi connectivity index (χ2v) is 5.78. The van der Waals surface area contributed by atoms with Gasteiger partial charge in [-0.3, -0.25) is 9.59 Å². The fourth-order valence-corrected chi connectivity index (χ4v) is 2.72. The van der Waals surface area contributed by atoms with Crippen molar-refractivity contribution in [1.82, 2.24) is 5.32 Å². The number of hydrogen-bond donors (Lipinski definition) is 3. The summed E-state index contributed by atoms with van der Waals surface area (Å²) >= 11 is 1.66. The third-order valence-electron chi connectivity index (χ3n) is 3.34. The Balaban J connectivity index is 2.37. The second kappa shape index (κ2) is 7.63. The predicted molar refractivity (Wildman–Crippen MR) is 72.5 cm³/mol. The molecule has 1 amide bonds. The van der Waals surface area contributed by atoms with E-state index in [2.05, 4.69) is 5.32 Å². The zero-order valence-corrected chi connectivity index (χ0v) is 11.5. The van der Waals surface area contributed by atoms with E-state index in [4.69, 9.17) is 10.8 Å². The van der Waals surface area contributed by atoms with E-state index in [0.29, 0.717) is 19.3 Å². The average molecular weight is 274 g/mol. The number of carbonyl (C=O) groups excluding carboxylic acids is 1. The van der Waals surface area contributed by atoms with Crippen LogP contribution in [0, 0.1) is 5.92 Å². The second-order valence-electron chi connectivity index (χ2n) is 4.80. The Morgan fingerprint density at radius 2 is 2.22 bits per heavy atom. The lowest BCUT2D eigenvalue weighted by Gasteiger charge is -2.28. The maximum atomic E-state index is 11.8. The van der Waals surface area contributed by atoms with Gasteiger partial charge in [0.2, 0.25) is 5.91 Å². The molecule has 0 aromatic heterocycles. The smallest absolute Gasteiger partial charge is 0.306 e. The minimum atomic E-state index is -0.763. The Morgan fingerprint density at radius 1 is 1.50 bits per heavy atom. The van der Waals surface area contributed by atoms with Crippen molar-refractivity contribution in [3.63, 3.8) is 0 Å². The van der Waals surface area contributed by atoms with E-state index in [-0.39, 0.29) is 17.9 Å². The maximum absolute atomic E-state index is 11.8. The molecule has 0 saturated heterocycles. The summed E-state index contributed by atoms with van der Waals surface area (Å²) in [7, 11) is 0. The Kier molecular flexibility index (Phi) is 6.49. The van der Waals surface area contributed by atoms with Gasteiger partial charge in [0.15, 0.2) is 0 Å². The zero-order chi connectivity index (χ0) is 13.5. The van der Waals surface area contributed by atoms with Gasteiger partial charge in [0.25, 0.3) is 0 Å². The van der Waals surface area contributed by atoms with Gasteiger partial charge in [-0.2, -0.15) is 11.8 Å². The monoisotopic (exact) mass is 274 g/mol. The van der Waals surface area contributed by atoms with Crippen molar-refractivity contribution >= 4 is 23.6 Å². The minimum Gasteiger partial charge on any atom is -0.481 e. The van der Waals surface area contributed by atoms with Crippen LogP contribution in [0.4, 0.5) is 0 Å². The molecule has 0 spiro atoms. The molecule has 0 heterocycles. The number of rotatable bonds is 6. The molecule has 4 N–H and O–H groups in total. The van der Waals surface area contributed by atoms with Crippen molar-refractivity contribution < 1.29 is 14.7 Å². The molecule has 0 aromatic rings. The van der Waals surface area contributed by atoms with E-state index in [0.717, 1.165) is 18.6 Å². The lowest BCUT2D eigenvalue weighted by Crippen LogP contribution is -2.47. The Morgan fingerprint density at radius 3 is 2.83 bits per heavy atom. The van der Waals surface area contributed by atoms with E-state index in [1.165, 1.54) is 0 Å². The SMILES string of the molecule is CSCC[C@H](N)C(=O)NC1CCCC(C(=O)O)C1. The zero-order valence-electron chi connectivity index (χ0n) is 10.7. The standard InChI is InChI=1S/C12H22N2O3S/c1-18-6-5-10(13)11(15)14-9-4-2-3-8(7-9)12(16)17/h8-10H,2-7,13H2,1H3,(H,14,15)(H,16,17)/t8?,9?,10-/m0/s1. The van der Waals surface area contributed by atoms with Crippen LogP contribution in [0.15, 0.2) is 0 Å². The summed E-state index contributed by atoms with van der Waals surface area (Å²) < 4.78 is 0. The normalized spacial score (nSPS) is 25.4. The molecule has 3 atom stereocenters. The highest BCUT2D eigenvalue weighted by molar-refractivity contribution is 7.98. The van der Waals surface area contributed by atoms with Crippen LogP contribution >= 0.6 is 11.8 Å². The Labute approximate surface area is 112 Å². The number of carboxylic acid groups (broad SMARTS) is 1. The lowest BCUT2D eigenvalue weighted by molar-refractivity contribution is -0.143. The van der Waals surface area contributed by atoms with Gasteiger partial charge in [-0.1, -0.05) is 6.42 Å². The molecular formula is C12H22N2O3S. The van der Waals surface area contributed by atoms with Crippen LogP contribution in [0.1, 0.15) is 32.1 Å². The van der Waals surface area contributed by atoms with Crippen molar-refractivity contribution in [2.45, 2.75) is 44.2 Å². The van der Waals surface area contributed by atoms with Gasteiger partial charge in [0.1, 0.15) is 0 Å². The van der Waals surface area contributed by atoms with Crippen molar-refractivity contribution in [2.75, 3.05) is 12.0 Å². The molecular weight excluding hydrogens is 252 g/mol. The van der Waals surface area contributed by atoms with Gasteiger partial charge >= 0.3 is 5.97 Å². The number of carboxylic acids is 1. The van der Waals surface area contributed by atoms with Gasteiger partial charge in [0, 0.05) is 6.04 Å². The first-order chi connectivity index (χ1) is 8.54. The molecule has 2 unspecified atom stereocenters. The van der Waals surface area contributed by atoms with Crippen LogP contribution < -0.4 is 11.1 Å². The highest BCUT2D eigenvalue weighted by Gasteiger charge is 2.28. The molecule has 104 valence electrons. The highest BCUT2D eigenvalue weighted by atomic mass is 32.2. The first kappa shape index (κ1) is 15.3. The van der Waals surface area contributed by atoms with E-state index in [1.54, 1.807) is 11.8 Å². The molecule has 0 bridgehead atoms. The number of nitrogens with one attached hydrogen (secondary N) is 1. The molecule has 1 fully saturated rings. The van der Waals surface area contributed by atoms with Crippen molar-refractivity contribution in [3.8, 4) is 0 Å². The number of carbonyl (C=O) groups is 2. The summed E-state index contributed by atoms with van der Waals surface area (Å²) in [6.07, 6.45) is 5.56. The minimum absolute atomic E-state index is 0.0346. The van der Waals surface area contributed by atoms with Crippen LogP contribution in [0.3, 0.4) is 0 Å². The van der Waals surface area contributed by atoms with Crippen molar-refractivity contribution in [2.24, 2.45) is 11.7 Å². The molecule has 1 aliphatic carbocycles. The van der Waals surface area contributed by atoms with E-state index >= 15 is 0 Å². The van der Waals surface area contributed by atoms with Crippen LogP contribution in [0.2, 0.25) is 0 Å². The third kappa shape index (κ3) is 4.86. The molecule has 6 heteroatoms. The van der Waals surface area contributed by atoms with Gasteiger partial charge in [-0.15, -0.1) is 0 Å². The summed E-state index contributed by atoms with van der Waals surface area (Å²) in [6, 6.07) is -0.518. The fraction of sp³-hybridized carbons (Fsp3) is 0.833. The van der Waals surface area contributed by atoms with Gasteiger partial charge < -0.3 is 16.2 Å². The molecule has 5 nitrogen and oxygen atoms in total. The third-order valence-corrected chi connectivity index (χ3v) is 3.98. The first-order valence-corrected chi connectivity index (χ1v) is 7.71. The molecule has 1 rings (SSSR count). The summed E-state index contributed by atoms with van der Waals surface area (Å²) in [5.74, 6) is -0.385. The predicted octanol–water partition coefficient (Wildman–Crippen LogP) is 0.826. The number of nitrogens with two attached hydrogens (primary N) is 1. The number of hydrogen-bond acceptors (Lipinski definition) is 4. The molecule has 1 saturated carbocycles. The Bertz CT molecular complexity index is 299. The van der Waals surface area contributed by atoms with Crippen LogP contribution in [0.25, 0.3) is 0 Å². The molecule has 1 aliphatic rings. The average Bonchev–Trinajstić information content (AvgIpc) is 2.36. The summed E-state index contributed by atoms with van der Waals surface area (Å²) in [6.45, 7) is 0. The van der Waals surface area contributed by atoms with Crippen LogP contribution in [0.5, 0.6) is 0 Å². The maximum Gasteiger partial charge on any atom is 0.306 e. The highest BCUT2D eigenvalue weighted by Crippen LogP contribution is 2.24. The van der Waals surface area contributed by atoms with Gasteiger partial charge in [-0.25, -0.2) is 0 Å². The fourth-order valence-electron chi connectivity index (χ4n) is 2.23. The number of amides is 1. The van der Waals surface area contributed by atoms with Crippen LogP contribution in [-0.4, -0.2) is 41.1 Å². The molecule has 0 aromatic carbocycles. The molecule has 18 heavy (non-hydrogen) atoms. The molecule has 0 radical (unpaired) electrons. The largest absolute Gasteiger partial charge is 0.481 e.